The topological polar surface area (TPSA) is 65.0 Å². The molecule has 2 atom stereocenters. The zero-order chi connectivity index (χ0) is 18.9. The zero-order valence-corrected chi connectivity index (χ0v) is 16.2. The Bertz CT molecular complexity index is 670. The Labute approximate surface area is 161 Å². The van der Waals surface area contributed by atoms with Gasteiger partial charge >= 0.3 is 0 Å². The summed E-state index contributed by atoms with van der Waals surface area (Å²) in [4.78, 5) is 17.7. The van der Waals surface area contributed by atoms with Crippen LogP contribution in [0.25, 0.3) is 0 Å². The summed E-state index contributed by atoms with van der Waals surface area (Å²) in [7, 11) is 1.66. The number of carbonyl (C=O) groups is 1. The van der Waals surface area contributed by atoms with E-state index in [0.29, 0.717) is 32.6 Å². The molecule has 27 heavy (non-hydrogen) atoms. The van der Waals surface area contributed by atoms with Crippen molar-refractivity contribution < 1.29 is 14.6 Å². The minimum atomic E-state index is -0.436. The van der Waals surface area contributed by atoms with E-state index in [1.165, 1.54) is 19.3 Å². The average molecular weight is 373 g/mol. The number of methoxy groups -OCH3 is 1. The van der Waals surface area contributed by atoms with E-state index in [9.17, 15) is 9.90 Å². The van der Waals surface area contributed by atoms with Crippen molar-refractivity contribution in [3.63, 3.8) is 0 Å². The number of nitrogens with one attached hydrogen (secondary N) is 1. The molecule has 0 saturated carbocycles. The third-order valence-corrected chi connectivity index (χ3v) is 6.46. The number of benzene rings is 1. The van der Waals surface area contributed by atoms with Crippen molar-refractivity contribution in [2.75, 3.05) is 46.4 Å². The van der Waals surface area contributed by atoms with Gasteiger partial charge in [-0.15, -0.1) is 0 Å². The second-order valence-electron chi connectivity index (χ2n) is 8.35. The highest BCUT2D eigenvalue weighted by Crippen LogP contribution is 2.33. The maximum absolute atomic E-state index is 13.4. The van der Waals surface area contributed by atoms with Gasteiger partial charge in [-0.25, -0.2) is 0 Å². The molecule has 6 nitrogen and oxygen atoms in total. The Morgan fingerprint density at radius 3 is 2.70 bits per heavy atom. The summed E-state index contributed by atoms with van der Waals surface area (Å²) in [6.45, 7) is 4.59. The molecule has 3 saturated heterocycles. The lowest BCUT2D eigenvalue weighted by atomic mass is 9.75. The number of ether oxygens (including phenoxy) is 1. The molecule has 3 aliphatic rings. The number of nitrogens with zero attached hydrogens (tertiary/aromatic N) is 2. The van der Waals surface area contributed by atoms with Crippen molar-refractivity contribution in [3.8, 4) is 5.75 Å². The van der Waals surface area contributed by atoms with Crippen molar-refractivity contribution >= 4 is 5.91 Å². The number of rotatable bonds is 5. The molecule has 3 fully saturated rings. The number of aliphatic hydroxyl groups excluding tert-OH is 1. The van der Waals surface area contributed by atoms with Gasteiger partial charge in [0.15, 0.2) is 0 Å². The number of likely N-dealkylation sites (tertiary alicyclic amines) is 2. The molecule has 3 heterocycles. The molecule has 148 valence electrons. The van der Waals surface area contributed by atoms with Crippen LogP contribution < -0.4 is 10.1 Å². The summed E-state index contributed by atoms with van der Waals surface area (Å²) in [6.07, 6.45) is 3.93. The molecule has 0 aromatic heterocycles. The van der Waals surface area contributed by atoms with Gasteiger partial charge in [0.1, 0.15) is 5.75 Å². The molecule has 6 heteroatoms. The van der Waals surface area contributed by atoms with Gasteiger partial charge in [0.05, 0.1) is 24.7 Å². The minimum Gasteiger partial charge on any atom is -0.497 e. The van der Waals surface area contributed by atoms with E-state index in [4.69, 9.17) is 4.74 Å². The van der Waals surface area contributed by atoms with Crippen LogP contribution in [0.4, 0.5) is 0 Å². The Morgan fingerprint density at radius 2 is 2.04 bits per heavy atom. The predicted octanol–water partition coefficient (Wildman–Crippen LogP) is 0.885. The summed E-state index contributed by atoms with van der Waals surface area (Å²) >= 11 is 0. The first-order chi connectivity index (χ1) is 13.1. The first kappa shape index (κ1) is 18.7. The van der Waals surface area contributed by atoms with Crippen LogP contribution in [0.2, 0.25) is 0 Å². The lowest BCUT2D eigenvalue weighted by molar-refractivity contribution is -0.144. The summed E-state index contributed by atoms with van der Waals surface area (Å²) in [6, 6.07) is 8.08. The van der Waals surface area contributed by atoms with Gasteiger partial charge in [-0.2, -0.15) is 0 Å². The summed E-state index contributed by atoms with van der Waals surface area (Å²) in [5.74, 6) is 1.01. The van der Waals surface area contributed by atoms with E-state index < -0.39 is 11.5 Å². The fourth-order valence-electron chi connectivity index (χ4n) is 4.83. The number of amides is 1. The molecule has 0 aliphatic carbocycles. The summed E-state index contributed by atoms with van der Waals surface area (Å²) < 4.78 is 5.33. The van der Waals surface area contributed by atoms with Crippen LogP contribution in [-0.4, -0.2) is 79.3 Å². The van der Waals surface area contributed by atoms with Gasteiger partial charge in [-0.05, 0) is 50.0 Å². The van der Waals surface area contributed by atoms with Crippen LogP contribution in [0.15, 0.2) is 24.3 Å². The fourth-order valence-corrected chi connectivity index (χ4v) is 4.83. The monoisotopic (exact) mass is 373 g/mol. The molecular formula is C21H31N3O3. The van der Waals surface area contributed by atoms with Gasteiger partial charge in [-0.1, -0.05) is 18.6 Å². The molecule has 3 aliphatic heterocycles. The molecule has 1 aromatic carbocycles. The Balaban J connectivity index is 1.45. The number of carbonyl (C=O) groups excluding carboxylic acids is 1. The van der Waals surface area contributed by atoms with Crippen LogP contribution >= 0.6 is 0 Å². The second kappa shape index (κ2) is 7.78. The highest BCUT2D eigenvalue weighted by Gasteiger charge is 2.49. The van der Waals surface area contributed by atoms with Crippen LogP contribution in [0.3, 0.4) is 0 Å². The lowest BCUT2D eigenvalue weighted by Gasteiger charge is -2.43. The molecule has 0 unspecified atom stereocenters. The van der Waals surface area contributed by atoms with Gasteiger partial charge in [-0.3, -0.25) is 9.69 Å². The van der Waals surface area contributed by atoms with Crippen molar-refractivity contribution in [1.82, 2.24) is 15.1 Å². The number of hydrogen-bond acceptors (Lipinski definition) is 5. The fraction of sp³-hybridized carbons (Fsp3) is 0.667. The van der Waals surface area contributed by atoms with E-state index in [1.54, 1.807) is 7.11 Å². The smallest absolute Gasteiger partial charge is 0.231 e. The van der Waals surface area contributed by atoms with E-state index in [1.807, 2.05) is 23.1 Å². The van der Waals surface area contributed by atoms with Gasteiger partial charge in [0, 0.05) is 26.2 Å². The van der Waals surface area contributed by atoms with E-state index >= 15 is 0 Å². The van der Waals surface area contributed by atoms with Crippen molar-refractivity contribution in [1.29, 1.82) is 0 Å². The highest BCUT2D eigenvalue weighted by atomic mass is 16.5. The molecule has 4 rings (SSSR count). The number of hydrogen-bond donors (Lipinski definition) is 2. The first-order valence-corrected chi connectivity index (χ1v) is 10.2. The molecule has 2 N–H and O–H groups in total. The number of aliphatic hydroxyl groups is 1. The van der Waals surface area contributed by atoms with Crippen LogP contribution in [0, 0.1) is 5.41 Å². The average Bonchev–Trinajstić information content (AvgIpc) is 3.06. The van der Waals surface area contributed by atoms with Crippen LogP contribution in [0.5, 0.6) is 5.75 Å². The zero-order valence-electron chi connectivity index (χ0n) is 16.2. The first-order valence-electron chi connectivity index (χ1n) is 10.2. The van der Waals surface area contributed by atoms with Crippen molar-refractivity contribution in [2.45, 2.75) is 37.8 Å². The summed E-state index contributed by atoms with van der Waals surface area (Å²) in [5.41, 5.74) is 0.722. The number of β-amino-alcohol motifs (C(OH)–C–C–N with tert-alkyl or cyclic N) is 1. The van der Waals surface area contributed by atoms with Gasteiger partial charge in [0.25, 0.3) is 0 Å². The van der Waals surface area contributed by atoms with Crippen LogP contribution in [0.1, 0.15) is 24.8 Å². The molecule has 0 spiro atoms. The third kappa shape index (κ3) is 3.71. The molecule has 0 radical (unpaired) electrons. The predicted molar refractivity (Wildman–Crippen MR) is 104 cm³/mol. The maximum atomic E-state index is 13.4. The Hall–Kier alpha value is -1.63. The van der Waals surface area contributed by atoms with Gasteiger partial charge < -0.3 is 20.1 Å². The Morgan fingerprint density at radius 1 is 1.26 bits per heavy atom. The van der Waals surface area contributed by atoms with E-state index in [-0.39, 0.29) is 11.9 Å². The SMILES string of the molecule is COc1cccc(CC2(C(=O)N3C[C@H](O)[C@@H](N4CCCCC4)C3)CNC2)c1. The van der Waals surface area contributed by atoms with E-state index in [2.05, 4.69) is 16.3 Å². The van der Waals surface area contributed by atoms with Crippen LogP contribution in [-0.2, 0) is 11.2 Å². The molecule has 1 amide bonds. The standard InChI is InChI=1S/C21H31N3O3/c1-27-17-7-5-6-16(10-17)11-21(14-22-15-21)20(26)24-12-18(19(25)13-24)23-8-3-2-4-9-23/h5-7,10,18-19,22,25H,2-4,8-9,11-15H2,1H3/t18-,19-/m0/s1. The molecular weight excluding hydrogens is 342 g/mol. The quantitative estimate of drug-likeness (QED) is 0.802. The molecule has 1 aromatic rings. The Kier molecular flexibility index (Phi) is 5.39. The highest BCUT2D eigenvalue weighted by molar-refractivity contribution is 5.85. The van der Waals surface area contributed by atoms with Crippen molar-refractivity contribution in [3.05, 3.63) is 29.8 Å². The minimum absolute atomic E-state index is 0.0937. The number of piperidine rings is 1. The second-order valence-corrected chi connectivity index (χ2v) is 8.35. The van der Waals surface area contributed by atoms with E-state index in [0.717, 1.165) is 24.4 Å². The van der Waals surface area contributed by atoms with Crippen molar-refractivity contribution in [2.24, 2.45) is 5.41 Å². The molecule has 0 bridgehead atoms. The lowest BCUT2D eigenvalue weighted by Crippen LogP contribution is -2.63. The third-order valence-electron chi connectivity index (χ3n) is 6.46. The maximum Gasteiger partial charge on any atom is 0.231 e. The van der Waals surface area contributed by atoms with Gasteiger partial charge in [0.2, 0.25) is 5.91 Å². The largest absolute Gasteiger partial charge is 0.497 e. The normalized spacial score (nSPS) is 28.0. The summed E-state index contributed by atoms with van der Waals surface area (Å²) in [5, 5.41) is 13.9.